The summed E-state index contributed by atoms with van der Waals surface area (Å²) in [5, 5.41) is 40.0. The lowest BCUT2D eigenvalue weighted by atomic mass is 9.98. The predicted octanol–water partition coefficient (Wildman–Crippen LogP) is 4.00. The molecule has 0 bridgehead atoms. The van der Waals surface area contributed by atoms with Gasteiger partial charge in [-0.2, -0.15) is 0 Å². The number of carboxylic acids is 2. The molecule has 0 aliphatic rings. The molecule has 0 fully saturated rings. The lowest BCUT2D eigenvalue weighted by Gasteiger charge is -2.16. The number of carboxylic acid groups (broad SMARTS) is 2. The molecule has 6 aromatic rings. The summed E-state index contributed by atoms with van der Waals surface area (Å²) in [5.74, 6) is -6.32. The number of methoxy groups -OCH3 is 1. The van der Waals surface area contributed by atoms with Crippen LogP contribution in [0.15, 0.2) is 79.9 Å². The van der Waals surface area contributed by atoms with E-state index in [1.807, 2.05) is 0 Å². The second-order valence-corrected chi connectivity index (χ2v) is 11.1. The third kappa shape index (κ3) is 7.67. The first-order valence-corrected chi connectivity index (χ1v) is 15.5. The number of hydrogen-bond donors (Lipinski definition) is 4. The van der Waals surface area contributed by atoms with Crippen molar-refractivity contribution in [2.75, 3.05) is 17.7 Å². The minimum atomic E-state index is -1.68. The summed E-state index contributed by atoms with van der Waals surface area (Å²) in [5.41, 5.74) is -2.52. The minimum Gasteiger partial charge on any atom is -0.496 e. The quantitative estimate of drug-likeness (QED) is 0.132. The molecule has 0 spiro atoms. The van der Waals surface area contributed by atoms with Crippen molar-refractivity contribution in [2.24, 2.45) is 0 Å². The van der Waals surface area contributed by atoms with Crippen molar-refractivity contribution < 1.29 is 42.9 Å². The molecular formula is C34H26F2N10O7. The lowest BCUT2D eigenvalue weighted by molar-refractivity contribution is 0.0683. The Morgan fingerprint density at radius 1 is 0.755 bits per heavy atom. The maximum atomic E-state index is 15.9. The summed E-state index contributed by atoms with van der Waals surface area (Å²) < 4.78 is 39.4. The Morgan fingerprint density at radius 3 is 1.81 bits per heavy atom. The van der Waals surface area contributed by atoms with Crippen molar-refractivity contribution in [1.82, 2.24) is 39.5 Å². The minimum absolute atomic E-state index is 0.0197. The number of carbonyl (C=O) groups excluding carboxylic acids is 2. The van der Waals surface area contributed by atoms with Crippen molar-refractivity contribution in [3.63, 3.8) is 0 Å². The Bertz CT molecular complexity index is 2320. The molecule has 53 heavy (non-hydrogen) atoms. The summed E-state index contributed by atoms with van der Waals surface area (Å²) in [6, 6.07) is 8.72. The average Bonchev–Trinajstić information content (AvgIpc) is 3.89. The molecule has 0 radical (unpaired) electrons. The highest BCUT2D eigenvalue weighted by atomic mass is 19.1. The van der Waals surface area contributed by atoms with Gasteiger partial charge in [0.2, 0.25) is 0 Å². The van der Waals surface area contributed by atoms with Gasteiger partial charge in [0.15, 0.2) is 23.0 Å². The number of aromatic nitrogens is 8. The van der Waals surface area contributed by atoms with Gasteiger partial charge in [0.05, 0.1) is 24.0 Å². The smallest absolute Gasteiger partial charge is 0.340 e. The van der Waals surface area contributed by atoms with Crippen LogP contribution < -0.4 is 15.4 Å². The molecule has 4 aromatic heterocycles. The van der Waals surface area contributed by atoms with E-state index in [4.69, 9.17) is 4.74 Å². The number of aromatic carboxylic acids is 2. The largest absolute Gasteiger partial charge is 0.496 e. The second kappa shape index (κ2) is 15.2. The summed E-state index contributed by atoms with van der Waals surface area (Å²) in [6.07, 6.45) is 9.02. The van der Waals surface area contributed by atoms with Crippen LogP contribution >= 0.6 is 0 Å². The summed E-state index contributed by atoms with van der Waals surface area (Å²) in [7, 11) is 1.22. The molecule has 268 valence electrons. The summed E-state index contributed by atoms with van der Waals surface area (Å²) in [4.78, 5) is 57.8. The normalized spacial score (nSPS) is 10.8. The van der Waals surface area contributed by atoms with Crippen molar-refractivity contribution in [3.05, 3.63) is 125 Å². The highest BCUT2D eigenvalue weighted by Gasteiger charge is 2.26. The van der Waals surface area contributed by atoms with Crippen molar-refractivity contribution >= 4 is 35.1 Å². The number of halogens is 2. The highest BCUT2D eigenvalue weighted by molar-refractivity contribution is 6.08. The summed E-state index contributed by atoms with van der Waals surface area (Å²) in [6.45, 7) is 0. The number of benzene rings is 2. The molecule has 0 saturated heterocycles. The van der Waals surface area contributed by atoms with Crippen molar-refractivity contribution in [1.29, 1.82) is 0 Å². The predicted molar refractivity (Wildman–Crippen MR) is 180 cm³/mol. The number of imidazole rings is 2. The Morgan fingerprint density at radius 2 is 1.34 bits per heavy atom. The molecule has 0 atom stereocenters. The van der Waals surface area contributed by atoms with E-state index in [9.17, 15) is 29.4 Å². The average molecular weight is 725 g/mol. The van der Waals surface area contributed by atoms with Crippen LogP contribution in [0, 0.1) is 11.6 Å². The van der Waals surface area contributed by atoms with Crippen LogP contribution in [0.3, 0.4) is 0 Å². The van der Waals surface area contributed by atoms with E-state index in [1.54, 1.807) is 21.5 Å². The van der Waals surface area contributed by atoms with Gasteiger partial charge < -0.3 is 25.6 Å². The van der Waals surface area contributed by atoms with Crippen molar-refractivity contribution in [3.8, 4) is 17.4 Å². The molecule has 0 aliphatic heterocycles. The van der Waals surface area contributed by atoms with E-state index in [2.05, 4.69) is 41.0 Å². The van der Waals surface area contributed by atoms with E-state index in [0.717, 1.165) is 18.2 Å². The van der Waals surface area contributed by atoms with E-state index in [1.165, 1.54) is 56.4 Å². The molecule has 2 aromatic carbocycles. The van der Waals surface area contributed by atoms with Crippen LogP contribution in [0.4, 0.5) is 20.2 Å². The summed E-state index contributed by atoms with van der Waals surface area (Å²) >= 11 is 0. The zero-order valence-electron chi connectivity index (χ0n) is 27.4. The van der Waals surface area contributed by atoms with Crippen LogP contribution in [0.1, 0.15) is 59.2 Å². The van der Waals surface area contributed by atoms with E-state index in [0.29, 0.717) is 11.6 Å². The van der Waals surface area contributed by atoms with Gasteiger partial charge >= 0.3 is 11.9 Å². The number of ether oxygens (including phenoxy) is 1. The highest BCUT2D eigenvalue weighted by Crippen LogP contribution is 2.33. The first-order valence-electron chi connectivity index (χ1n) is 15.5. The van der Waals surface area contributed by atoms with E-state index < -0.39 is 52.2 Å². The van der Waals surface area contributed by atoms with Crippen LogP contribution in [0.25, 0.3) is 11.6 Å². The third-order valence-corrected chi connectivity index (χ3v) is 7.85. The maximum Gasteiger partial charge on any atom is 0.340 e. The molecule has 0 saturated carbocycles. The van der Waals surface area contributed by atoms with Gasteiger partial charge in [-0.1, -0.05) is 0 Å². The monoisotopic (exact) mass is 724 g/mol. The van der Waals surface area contributed by atoms with Gasteiger partial charge in [0.1, 0.15) is 35.6 Å². The number of nitrogens with zero attached hydrogens (tertiary/aromatic N) is 8. The van der Waals surface area contributed by atoms with Gasteiger partial charge in [-0.25, -0.2) is 28.3 Å². The van der Waals surface area contributed by atoms with E-state index in [-0.39, 0.29) is 53.2 Å². The number of carbonyl (C=O) groups is 4. The molecule has 19 heteroatoms. The number of rotatable bonds is 13. The first-order chi connectivity index (χ1) is 25.5. The number of amides is 2. The van der Waals surface area contributed by atoms with Gasteiger partial charge in [-0.05, 0) is 61.2 Å². The van der Waals surface area contributed by atoms with Gasteiger partial charge in [0.25, 0.3) is 11.8 Å². The Hall–Kier alpha value is -7.44. The van der Waals surface area contributed by atoms with Gasteiger partial charge in [-0.3, -0.25) is 18.7 Å². The van der Waals surface area contributed by atoms with E-state index >= 15 is 8.78 Å². The third-order valence-electron chi connectivity index (χ3n) is 7.85. The fourth-order valence-corrected chi connectivity index (χ4v) is 5.27. The Labute approximate surface area is 297 Å². The van der Waals surface area contributed by atoms with Crippen LogP contribution in [0.2, 0.25) is 0 Å². The Balaban J connectivity index is 1.18. The van der Waals surface area contributed by atoms with Crippen LogP contribution in [-0.2, 0) is 12.8 Å². The standard InChI is InChI=1S/C34H26F2N10O7/c1-53-26-15-25(40-32(48)23-6-8-28(44-42-23)46-12-10-38-17-46)29(34(51)52)30(36)19(26)4-2-3-18-13-24(20(33(49)50)14-21(18)35)39-31(47)22-5-7-27(43-41-22)45-11-9-37-16-45/h5-17H,2-4H2,1H3,(H,39,47)(H,40,48)(H,49,50)(H,51,52). The molecular weight excluding hydrogens is 698 g/mol. The lowest BCUT2D eigenvalue weighted by Crippen LogP contribution is -2.19. The molecule has 2 amide bonds. The molecule has 0 aliphatic carbocycles. The van der Waals surface area contributed by atoms with Crippen molar-refractivity contribution in [2.45, 2.75) is 19.3 Å². The molecule has 6 rings (SSSR count). The Kier molecular flexibility index (Phi) is 10.2. The SMILES string of the molecule is COc1cc(NC(=O)c2ccc(-n3ccnc3)nn2)c(C(=O)O)c(F)c1CCCc1cc(NC(=O)c2ccc(-n3ccnc3)nn2)c(C(=O)O)cc1F. The molecule has 0 unspecified atom stereocenters. The molecule has 17 nitrogen and oxygen atoms in total. The second-order valence-electron chi connectivity index (χ2n) is 11.1. The zero-order chi connectivity index (χ0) is 37.6. The number of anilines is 2. The van der Waals surface area contributed by atoms with Gasteiger partial charge in [-0.15, -0.1) is 20.4 Å². The fraction of sp³-hybridized carbons (Fsp3) is 0.118. The molecule has 4 heterocycles. The van der Waals surface area contributed by atoms with Gasteiger partial charge in [0, 0.05) is 36.4 Å². The van der Waals surface area contributed by atoms with Crippen LogP contribution in [-0.4, -0.2) is 80.6 Å². The fourth-order valence-electron chi connectivity index (χ4n) is 5.27. The number of aryl methyl sites for hydroxylation is 1. The number of nitrogens with one attached hydrogen (secondary N) is 2. The first kappa shape index (κ1) is 35.4. The zero-order valence-corrected chi connectivity index (χ0v) is 27.4. The number of hydrogen-bond acceptors (Lipinski definition) is 11. The van der Waals surface area contributed by atoms with Crippen LogP contribution in [0.5, 0.6) is 5.75 Å². The topological polar surface area (TPSA) is 229 Å². The molecule has 4 N–H and O–H groups in total. The maximum absolute atomic E-state index is 15.9.